The summed E-state index contributed by atoms with van der Waals surface area (Å²) in [6.07, 6.45) is 5.22. The van der Waals surface area contributed by atoms with Crippen LogP contribution in [0.1, 0.15) is 131 Å². The lowest BCUT2D eigenvalue weighted by Gasteiger charge is -2.47. The monoisotopic (exact) mass is 729 g/mol. The molecule has 276 valence electrons. The predicted octanol–water partition coefficient (Wildman–Crippen LogP) is 11.9. The van der Waals surface area contributed by atoms with Gasteiger partial charge in [-0.3, -0.25) is 4.79 Å². The van der Waals surface area contributed by atoms with Gasteiger partial charge in [0.05, 0.1) is 15.2 Å². The summed E-state index contributed by atoms with van der Waals surface area (Å²) in [4.78, 5) is 34.2. The number of carbonyl (C=O) groups is 2. The Labute approximate surface area is 304 Å². The van der Waals surface area contributed by atoms with E-state index in [9.17, 15) is 9.59 Å². The van der Waals surface area contributed by atoms with Crippen LogP contribution in [0, 0.1) is 18.3 Å². The molecule has 49 heavy (non-hydrogen) atoms. The van der Waals surface area contributed by atoms with Gasteiger partial charge in [0, 0.05) is 11.8 Å². The molecule has 2 heterocycles. The Morgan fingerprint density at radius 2 is 1.55 bits per heavy atom. The van der Waals surface area contributed by atoms with Crippen molar-refractivity contribution in [1.29, 1.82) is 0 Å². The second-order valence-corrected chi connectivity index (χ2v) is 29.5. The molecule has 0 saturated heterocycles. The number of cyclic esters (lactones) is 1. The Morgan fingerprint density at radius 3 is 2.14 bits per heavy atom. The lowest BCUT2D eigenvalue weighted by atomic mass is 9.73. The summed E-state index contributed by atoms with van der Waals surface area (Å²) in [6.45, 7) is 34.3. The first kappa shape index (κ1) is 41.8. The van der Waals surface area contributed by atoms with Gasteiger partial charge in [-0.2, -0.15) is 0 Å². The number of benzene rings is 1. The Balaban J connectivity index is 2.15. The number of ether oxygens (including phenoxy) is 1. The minimum absolute atomic E-state index is 0.0392. The number of aryl methyl sites for hydroxylation is 1. The summed E-state index contributed by atoms with van der Waals surface area (Å²) >= 11 is 1.66. The molecule has 4 atom stereocenters. The maximum Gasteiger partial charge on any atom is 0.334 e. The fraction of sp³-hybridized carbons (Fsp3) is 0.725. The first-order valence-electron chi connectivity index (χ1n) is 18.3. The zero-order valence-corrected chi connectivity index (χ0v) is 36.5. The number of carbonyl (C=O) groups excluding carboxylic acids is 2. The summed E-state index contributed by atoms with van der Waals surface area (Å²) < 4.78 is 21.7. The number of rotatable bonds is 5. The fourth-order valence-electron chi connectivity index (χ4n) is 6.51. The van der Waals surface area contributed by atoms with Crippen LogP contribution in [-0.4, -0.2) is 45.1 Å². The van der Waals surface area contributed by atoms with Gasteiger partial charge in [0.15, 0.2) is 22.4 Å². The number of esters is 1. The van der Waals surface area contributed by atoms with Gasteiger partial charge in [0.1, 0.15) is 17.8 Å². The molecule has 9 heteroatoms. The van der Waals surface area contributed by atoms with E-state index in [-0.39, 0.29) is 22.3 Å². The molecule has 1 aromatic heterocycles. The summed E-state index contributed by atoms with van der Waals surface area (Å²) in [6, 6.07) is 6.19. The Kier molecular flexibility index (Phi) is 12.9. The quantitative estimate of drug-likeness (QED) is 0.173. The van der Waals surface area contributed by atoms with Crippen LogP contribution in [0.5, 0.6) is 0 Å². The van der Waals surface area contributed by atoms with E-state index in [4.69, 9.17) is 18.6 Å². The molecule has 1 aliphatic rings. The lowest BCUT2D eigenvalue weighted by molar-refractivity contribution is -0.162. The van der Waals surface area contributed by atoms with E-state index in [1.165, 1.54) is 5.57 Å². The number of Topliss-reactive ketones (excluding diaryl/α,β-unsaturated/α-hetero) is 1. The normalized spacial score (nSPS) is 27.1. The van der Waals surface area contributed by atoms with Gasteiger partial charge in [0.2, 0.25) is 0 Å². The molecule has 0 radical (unpaired) electrons. The van der Waals surface area contributed by atoms with Crippen molar-refractivity contribution in [2.75, 3.05) is 0 Å². The van der Waals surface area contributed by atoms with Crippen molar-refractivity contribution in [2.24, 2.45) is 11.3 Å². The van der Waals surface area contributed by atoms with Crippen molar-refractivity contribution in [3.05, 3.63) is 40.4 Å². The van der Waals surface area contributed by atoms with Crippen LogP contribution in [0.4, 0.5) is 0 Å². The van der Waals surface area contributed by atoms with E-state index in [1.54, 1.807) is 11.3 Å². The first-order chi connectivity index (χ1) is 22.2. The number of allylic oxidation sites excluding steroid dienone is 1. The molecule has 0 aliphatic carbocycles. The summed E-state index contributed by atoms with van der Waals surface area (Å²) in [5.74, 6) is -0.0818. The highest BCUT2D eigenvalue weighted by atomic mass is 32.1. The summed E-state index contributed by atoms with van der Waals surface area (Å²) in [5.41, 5.74) is 1.20. The Morgan fingerprint density at radius 1 is 0.939 bits per heavy atom. The van der Waals surface area contributed by atoms with Crippen LogP contribution in [0.3, 0.4) is 0 Å². The topological polar surface area (TPSA) is 74.7 Å². The van der Waals surface area contributed by atoms with Gasteiger partial charge in [0.25, 0.3) is 0 Å². The van der Waals surface area contributed by atoms with E-state index < -0.39 is 45.8 Å². The van der Waals surface area contributed by atoms with Gasteiger partial charge in [-0.05, 0) is 106 Å². The van der Waals surface area contributed by atoms with E-state index in [0.717, 1.165) is 40.1 Å². The standard InChI is InChI=1S/C40H67NO5SSi2/c1-27-18-17-19-28(2)25-40(12,46-49(15,16)38(7,8)9)36(43)39(10,11)26-33(45-48(13,14)37(4,5)6)35(42)44-32(22-20-27)30-21-23-34-31(24-30)41-29(3)47-34/h20-21,23-24,28,32-33H,17-19,22,25-26H2,1-16H3/b27-20+. The molecule has 2 aromatic rings. The van der Waals surface area contributed by atoms with Crippen molar-refractivity contribution in [3.63, 3.8) is 0 Å². The largest absolute Gasteiger partial charge is 0.455 e. The van der Waals surface area contributed by atoms with Gasteiger partial charge in [-0.1, -0.05) is 86.4 Å². The average Bonchev–Trinajstić information content (AvgIpc) is 3.31. The van der Waals surface area contributed by atoms with Crippen molar-refractivity contribution >= 4 is 49.9 Å². The number of hydrogen-bond donors (Lipinski definition) is 0. The third-order valence-corrected chi connectivity index (χ3v) is 21.4. The molecule has 3 rings (SSSR count). The molecule has 1 aromatic carbocycles. The molecule has 6 nitrogen and oxygen atoms in total. The van der Waals surface area contributed by atoms with E-state index >= 15 is 0 Å². The second-order valence-electron chi connectivity index (χ2n) is 18.8. The third-order valence-electron chi connectivity index (χ3n) is 11.4. The first-order valence-corrected chi connectivity index (χ1v) is 25.0. The molecule has 4 unspecified atom stereocenters. The van der Waals surface area contributed by atoms with Crippen LogP contribution in [0.25, 0.3) is 10.2 Å². The molecule has 0 spiro atoms. The molecule has 0 bridgehead atoms. The van der Waals surface area contributed by atoms with Crippen molar-refractivity contribution in [3.8, 4) is 0 Å². The second kappa shape index (κ2) is 15.1. The summed E-state index contributed by atoms with van der Waals surface area (Å²) in [5, 5.41) is 0.804. The molecule has 0 amide bonds. The van der Waals surface area contributed by atoms with Crippen LogP contribution in [0.15, 0.2) is 29.8 Å². The van der Waals surface area contributed by atoms with Gasteiger partial charge < -0.3 is 13.6 Å². The third kappa shape index (κ3) is 10.5. The smallest absolute Gasteiger partial charge is 0.334 e. The fourth-order valence-corrected chi connectivity index (χ4v) is 10.2. The number of hydrogen-bond acceptors (Lipinski definition) is 7. The molecule has 0 fully saturated rings. The molecular weight excluding hydrogens is 663 g/mol. The minimum Gasteiger partial charge on any atom is -0.455 e. The van der Waals surface area contributed by atoms with Crippen molar-refractivity contribution in [2.45, 2.75) is 176 Å². The number of ketones is 1. The molecule has 0 saturated carbocycles. The molecule has 0 N–H and O–H groups in total. The van der Waals surface area contributed by atoms with Gasteiger partial charge in [-0.15, -0.1) is 11.3 Å². The van der Waals surface area contributed by atoms with Crippen LogP contribution in [-0.2, 0) is 23.2 Å². The summed E-state index contributed by atoms with van der Waals surface area (Å²) in [7, 11) is -4.80. The Bertz CT molecular complexity index is 1510. The van der Waals surface area contributed by atoms with E-state index in [0.29, 0.717) is 18.8 Å². The van der Waals surface area contributed by atoms with E-state index in [2.05, 4.69) is 106 Å². The van der Waals surface area contributed by atoms with Crippen molar-refractivity contribution in [1.82, 2.24) is 4.98 Å². The van der Waals surface area contributed by atoms with Crippen molar-refractivity contribution < 1.29 is 23.2 Å². The zero-order valence-electron chi connectivity index (χ0n) is 33.7. The number of nitrogens with zero attached hydrogens (tertiary/aromatic N) is 1. The molecule has 1 aliphatic heterocycles. The highest BCUT2D eigenvalue weighted by Gasteiger charge is 2.52. The zero-order chi connectivity index (χ0) is 37.4. The van der Waals surface area contributed by atoms with Crippen LogP contribution in [0.2, 0.25) is 36.3 Å². The Hall–Kier alpha value is -1.66. The van der Waals surface area contributed by atoms with E-state index in [1.807, 2.05) is 27.7 Å². The number of aromatic nitrogens is 1. The number of fused-ring (bicyclic) bond motifs is 1. The highest BCUT2D eigenvalue weighted by molar-refractivity contribution is 7.18. The maximum atomic E-state index is 15.0. The lowest BCUT2D eigenvalue weighted by Crippen LogP contribution is -2.57. The van der Waals surface area contributed by atoms with Crippen LogP contribution < -0.4 is 0 Å². The number of thiazole rings is 1. The van der Waals surface area contributed by atoms with Gasteiger partial charge in [-0.25, -0.2) is 9.78 Å². The average molecular weight is 730 g/mol. The SMILES string of the molecule is C/C1=C\CC(c2ccc3sc(C)nc3c2)OC(=O)C(O[Si](C)(C)C(C)(C)C)CC(C)(C)C(=O)C(C)(O[Si](C)(C)C(C)(C)C)CC(C)CCC1. The predicted molar refractivity (Wildman–Crippen MR) is 211 cm³/mol. The van der Waals surface area contributed by atoms with Crippen LogP contribution >= 0.6 is 11.3 Å². The highest BCUT2D eigenvalue weighted by Crippen LogP contribution is 2.45. The maximum absolute atomic E-state index is 15.0. The molecular formula is C40H67NO5SSi2. The van der Waals surface area contributed by atoms with Gasteiger partial charge >= 0.3 is 5.97 Å². The minimum atomic E-state index is -2.45.